The molecule has 152 valence electrons. The molecule has 1 aromatic carbocycles. The largest absolute Gasteiger partial charge is 0.467 e. The van der Waals surface area contributed by atoms with Gasteiger partial charge >= 0.3 is 18.2 Å². The van der Waals surface area contributed by atoms with Gasteiger partial charge in [0.1, 0.15) is 0 Å². The third kappa shape index (κ3) is 4.99. The lowest BCUT2D eigenvalue weighted by Crippen LogP contribution is -2.36. The fourth-order valence-corrected chi connectivity index (χ4v) is 2.99. The number of carbonyl (C=O) groups is 1. The molecule has 2 rings (SSSR count). The van der Waals surface area contributed by atoms with Crippen molar-refractivity contribution >= 4 is 22.0 Å². The number of alkyl halides is 5. The Morgan fingerprint density at radius 3 is 2.36 bits per heavy atom. The summed E-state index contributed by atoms with van der Waals surface area (Å²) in [5.74, 6) is -1.88. The maximum absolute atomic E-state index is 13.0. The Balaban J connectivity index is 2.28. The fourth-order valence-electron chi connectivity index (χ4n) is 1.86. The van der Waals surface area contributed by atoms with E-state index in [4.69, 9.17) is 0 Å². The topological polar surface area (TPSA) is 123 Å². The van der Waals surface area contributed by atoms with Gasteiger partial charge in [0.05, 0.1) is 17.6 Å². The van der Waals surface area contributed by atoms with Crippen LogP contribution in [-0.4, -0.2) is 36.5 Å². The van der Waals surface area contributed by atoms with Crippen LogP contribution in [0, 0.1) is 0 Å². The van der Waals surface area contributed by atoms with Crippen LogP contribution in [0.2, 0.25) is 0 Å². The quantitative estimate of drug-likeness (QED) is 0.702. The lowest BCUT2D eigenvalue weighted by Gasteiger charge is -2.14. The minimum absolute atomic E-state index is 0.512. The molecule has 28 heavy (non-hydrogen) atoms. The molecule has 2 aromatic rings. The molecule has 0 bridgehead atoms. The first-order chi connectivity index (χ1) is 12.9. The highest BCUT2D eigenvalue weighted by atomic mass is 32.2. The summed E-state index contributed by atoms with van der Waals surface area (Å²) in [6.45, 7) is 0. The molecule has 0 unspecified atom stereocenters. The normalized spacial score (nSPS) is 12.0. The van der Waals surface area contributed by atoms with Gasteiger partial charge in [-0.05, 0) is 12.1 Å². The van der Waals surface area contributed by atoms with Crippen LogP contribution in [-0.2, 0) is 16.2 Å². The highest BCUT2D eigenvalue weighted by Gasteiger charge is 2.37. The molecular weight excluding hydrogens is 417 g/mol. The number of hydrogen-bond acceptors (Lipinski definition) is 7. The summed E-state index contributed by atoms with van der Waals surface area (Å²) in [4.78, 5) is 20.4. The summed E-state index contributed by atoms with van der Waals surface area (Å²) >= 11 is 0. The van der Waals surface area contributed by atoms with Crippen molar-refractivity contribution in [1.29, 1.82) is 0 Å². The van der Waals surface area contributed by atoms with Crippen molar-refractivity contribution in [3.63, 3.8) is 0 Å². The predicted molar refractivity (Wildman–Crippen MR) is 82.1 cm³/mol. The van der Waals surface area contributed by atoms with Crippen LogP contribution in [0.15, 0.2) is 29.2 Å². The number of benzene rings is 1. The van der Waals surface area contributed by atoms with E-state index in [9.17, 15) is 35.2 Å². The number of urea groups is 1. The number of ether oxygens (including phenoxy) is 1. The number of aromatic nitrogens is 3. The van der Waals surface area contributed by atoms with E-state index in [1.54, 1.807) is 5.32 Å². The van der Waals surface area contributed by atoms with Crippen LogP contribution in [0.1, 0.15) is 17.8 Å². The zero-order valence-corrected chi connectivity index (χ0v) is 14.5. The second-order valence-corrected chi connectivity index (χ2v) is 6.51. The molecular formula is C13H10F5N5O4S. The Labute approximate surface area is 154 Å². The number of nitrogens with zero attached hydrogens (tertiary/aromatic N) is 3. The predicted octanol–water partition coefficient (Wildman–Crippen LogP) is 2.35. The number of carbonyl (C=O) groups excluding carboxylic acids is 1. The third-order valence-corrected chi connectivity index (χ3v) is 4.33. The monoisotopic (exact) mass is 427 g/mol. The van der Waals surface area contributed by atoms with E-state index in [-0.39, 0.29) is 0 Å². The first-order valence-corrected chi connectivity index (χ1v) is 8.50. The summed E-state index contributed by atoms with van der Waals surface area (Å²) < 4.78 is 94.4. The van der Waals surface area contributed by atoms with Gasteiger partial charge in [-0.3, -0.25) is 5.32 Å². The van der Waals surface area contributed by atoms with E-state index in [1.807, 2.05) is 0 Å². The second-order valence-electron chi connectivity index (χ2n) is 4.86. The highest BCUT2D eigenvalue weighted by molar-refractivity contribution is 7.90. The highest BCUT2D eigenvalue weighted by Crippen LogP contribution is 2.33. The molecule has 0 saturated heterocycles. The van der Waals surface area contributed by atoms with Crippen LogP contribution in [0.3, 0.4) is 0 Å². The lowest BCUT2D eigenvalue weighted by atomic mass is 10.2. The Morgan fingerprint density at radius 1 is 1.14 bits per heavy atom. The fraction of sp³-hybridized carbons (Fsp3) is 0.231. The molecule has 0 radical (unpaired) electrons. The number of halogens is 5. The lowest BCUT2D eigenvalue weighted by molar-refractivity contribution is -0.139. The number of amides is 2. The van der Waals surface area contributed by atoms with Crippen LogP contribution in [0.4, 0.5) is 32.7 Å². The van der Waals surface area contributed by atoms with Crippen molar-refractivity contribution in [2.45, 2.75) is 17.5 Å². The molecule has 0 aliphatic carbocycles. The summed E-state index contributed by atoms with van der Waals surface area (Å²) in [7, 11) is -3.93. The van der Waals surface area contributed by atoms with Crippen molar-refractivity contribution in [1.82, 2.24) is 19.7 Å². The van der Waals surface area contributed by atoms with Crippen LogP contribution < -0.4 is 14.8 Å². The van der Waals surface area contributed by atoms with Crippen molar-refractivity contribution < 1.29 is 39.9 Å². The van der Waals surface area contributed by atoms with Gasteiger partial charge in [-0.15, -0.1) is 0 Å². The summed E-state index contributed by atoms with van der Waals surface area (Å²) in [5.41, 5.74) is -1.50. The molecule has 9 nitrogen and oxygen atoms in total. The minimum Gasteiger partial charge on any atom is -0.467 e. The van der Waals surface area contributed by atoms with Crippen molar-refractivity contribution in [2.75, 3.05) is 12.4 Å². The van der Waals surface area contributed by atoms with Crippen molar-refractivity contribution in [3.05, 3.63) is 35.7 Å². The van der Waals surface area contributed by atoms with Gasteiger partial charge in [0.2, 0.25) is 11.8 Å². The second kappa shape index (κ2) is 7.87. The van der Waals surface area contributed by atoms with Gasteiger partial charge in [0.25, 0.3) is 16.4 Å². The van der Waals surface area contributed by atoms with E-state index in [0.29, 0.717) is 12.1 Å². The number of rotatable bonds is 5. The Bertz CT molecular complexity index is 984. The first-order valence-electron chi connectivity index (χ1n) is 7.02. The van der Waals surface area contributed by atoms with Crippen molar-refractivity contribution in [2.24, 2.45) is 0 Å². The molecule has 2 amide bonds. The maximum Gasteiger partial charge on any atom is 0.417 e. The van der Waals surface area contributed by atoms with Gasteiger partial charge in [-0.2, -0.15) is 28.1 Å². The molecule has 15 heteroatoms. The summed E-state index contributed by atoms with van der Waals surface area (Å²) in [6, 6.07) is 0.937. The van der Waals surface area contributed by atoms with Gasteiger partial charge in [0, 0.05) is 0 Å². The number of sulfonamides is 1. The zero-order valence-electron chi connectivity index (χ0n) is 13.7. The molecule has 0 atom stereocenters. The molecule has 0 spiro atoms. The van der Waals surface area contributed by atoms with Gasteiger partial charge < -0.3 is 4.74 Å². The van der Waals surface area contributed by atoms with E-state index in [2.05, 4.69) is 19.7 Å². The zero-order chi connectivity index (χ0) is 21.1. The smallest absolute Gasteiger partial charge is 0.417 e. The van der Waals surface area contributed by atoms with E-state index in [0.717, 1.165) is 19.2 Å². The SMILES string of the molecule is COc1nc(NC(=O)NS(=O)(=O)c2ccccc2C(F)(F)F)nc(C(F)F)n1. The van der Waals surface area contributed by atoms with E-state index in [1.165, 1.54) is 4.72 Å². The molecule has 2 N–H and O–H groups in total. The molecule has 1 aromatic heterocycles. The van der Waals surface area contributed by atoms with Gasteiger partial charge in [0.15, 0.2) is 0 Å². The number of methoxy groups -OCH3 is 1. The standard InChI is InChI=1S/C13H10F5N5O4S/c1-27-12-20-9(8(14)15)19-10(22-12)21-11(24)23-28(25,26)7-5-3-2-4-6(7)13(16,17)18/h2-5,8H,1H3,(H2,19,20,21,22,23,24). The molecule has 0 aliphatic heterocycles. The van der Waals surface area contributed by atoms with Gasteiger partial charge in [-0.1, -0.05) is 12.1 Å². The van der Waals surface area contributed by atoms with Crippen LogP contribution in [0.5, 0.6) is 6.01 Å². The van der Waals surface area contributed by atoms with Crippen LogP contribution >= 0.6 is 0 Å². The minimum atomic E-state index is -5.00. The Morgan fingerprint density at radius 2 is 1.79 bits per heavy atom. The number of nitrogens with one attached hydrogen (secondary N) is 2. The summed E-state index contributed by atoms with van der Waals surface area (Å²) in [5, 5.41) is 1.71. The molecule has 0 saturated carbocycles. The first kappa shape index (κ1) is 21.2. The van der Waals surface area contributed by atoms with E-state index >= 15 is 0 Å². The Kier molecular flexibility index (Phi) is 5.96. The number of hydrogen-bond donors (Lipinski definition) is 2. The van der Waals surface area contributed by atoms with Crippen LogP contribution in [0.25, 0.3) is 0 Å². The average molecular weight is 427 g/mol. The third-order valence-electron chi connectivity index (χ3n) is 2.94. The summed E-state index contributed by atoms with van der Waals surface area (Å²) in [6.07, 6.45) is -8.17. The average Bonchev–Trinajstić information content (AvgIpc) is 2.60. The molecule has 0 aliphatic rings. The maximum atomic E-state index is 13.0. The number of anilines is 1. The van der Waals surface area contributed by atoms with Crippen molar-refractivity contribution in [3.8, 4) is 6.01 Å². The van der Waals surface area contributed by atoms with E-state index < -0.39 is 56.9 Å². The molecule has 0 fully saturated rings. The Hall–Kier alpha value is -3.10. The van der Waals surface area contributed by atoms with Gasteiger partial charge in [-0.25, -0.2) is 26.7 Å². The molecule has 1 heterocycles.